The van der Waals surface area contributed by atoms with Crippen molar-refractivity contribution in [3.05, 3.63) is 53.3 Å². The average molecular weight is 725 g/mol. The Hall–Kier alpha value is -3.66. The first kappa shape index (κ1) is 38.6. The fourth-order valence-corrected chi connectivity index (χ4v) is 7.13. The number of ether oxygens (including phenoxy) is 4. The van der Waals surface area contributed by atoms with E-state index in [0.29, 0.717) is 30.1 Å². The van der Waals surface area contributed by atoms with E-state index in [-0.39, 0.29) is 12.2 Å². The molecule has 51 heavy (non-hydrogen) atoms. The lowest BCUT2D eigenvalue weighted by atomic mass is 9.93. The van der Waals surface area contributed by atoms with Crippen LogP contribution in [-0.2, 0) is 22.6 Å². The molecule has 0 aliphatic carbocycles. The third kappa shape index (κ3) is 11.7. The Morgan fingerprint density at radius 1 is 0.804 bits per heavy atom. The molecule has 11 heteroatoms. The third-order valence-corrected chi connectivity index (χ3v) is 9.60. The van der Waals surface area contributed by atoms with Gasteiger partial charge in [-0.25, -0.2) is 14.6 Å². The summed E-state index contributed by atoms with van der Waals surface area (Å²) in [5.74, 6) is 3.18. The molecule has 3 aromatic rings. The molecule has 10 nitrogen and oxygen atoms in total. The number of benzene rings is 2. The van der Waals surface area contributed by atoms with Crippen LogP contribution in [-0.4, -0.2) is 75.5 Å². The predicted octanol–water partition coefficient (Wildman–Crippen LogP) is 9.50. The SMILES string of the molecule is CC(C)(C)OC(=O)N1CCCC(CCCOc2cccc3c2nc(COc2ccc(Cl)cc2)n3CCC[C@H]2CCCN(C(=O)OC(C)(C)C)C2)C1. The van der Waals surface area contributed by atoms with E-state index in [1.807, 2.05) is 87.7 Å². The molecule has 280 valence electrons. The topological polar surface area (TPSA) is 95.4 Å². The number of likely N-dealkylation sites (tertiary alicyclic amines) is 2. The Bertz CT molecular complexity index is 1600. The van der Waals surface area contributed by atoms with Crippen LogP contribution in [0.1, 0.15) is 98.7 Å². The fraction of sp³-hybridized carbons (Fsp3) is 0.625. The Kier molecular flexibility index (Phi) is 13.0. The van der Waals surface area contributed by atoms with Gasteiger partial charge in [0.1, 0.15) is 40.6 Å². The number of carbonyl (C=O) groups is 2. The minimum absolute atomic E-state index is 0.219. The monoisotopic (exact) mass is 724 g/mol. The van der Waals surface area contributed by atoms with E-state index in [1.54, 1.807) is 0 Å². The first-order valence-corrected chi connectivity index (χ1v) is 19.1. The van der Waals surface area contributed by atoms with Crippen molar-refractivity contribution in [1.29, 1.82) is 0 Å². The average Bonchev–Trinajstić information content (AvgIpc) is 3.43. The summed E-state index contributed by atoms with van der Waals surface area (Å²) in [6.07, 6.45) is 7.57. The van der Waals surface area contributed by atoms with Crippen LogP contribution in [0.2, 0.25) is 5.02 Å². The number of hydrogen-bond acceptors (Lipinski definition) is 7. The number of nitrogens with zero attached hydrogens (tertiary/aromatic N) is 4. The first-order chi connectivity index (χ1) is 24.2. The van der Waals surface area contributed by atoms with E-state index in [9.17, 15) is 9.59 Å². The van der Waals surface area contributed by atoms with Gasteiger partial charge in [-0.2, -0.15) is 0 Å². The molecular weight excluding hydrogens is 668 g/mol. The van der Waals surface area contributed by atoms with Crippen LogP contribution in [0.5, 0.6) is 11.5 Å². The molecule has 2 amide bonds. The van der Waals surface area contributed by atoms with Crippen molar-refractivity contribution >= 4 is 34.8 Å². The second-order valence-corrected chi connectivity index (χ2v) is 16.5. The molecule has 3 heterocycles. The Balaban J connectivity index is 1.21. The molecule has 2 aliphatic heterocycles. The van der Waals surface area contributed by atoms with Crippen LogP contribution in [0, 0.1) is 11.8 Å². The van der Waals surface area contributed by atoms with Crippen LogP contribution >= 0.6 is 11.6 Å². The highest BCUT2D eigenvalue weighted by molar-refractivity contribution is 6.30. The molecule has 5 rings (SSSR count). The minimum atomic E-state index is -0.500. The van der Waals surface area contributed by atoms with E-state index in [1.165, 1.54) is 0 Å². The van der Waals surface area contributed by atoms with Crippen molar-refractivity contribution in [3.8, 4) is 11.5 Å². The molecule has 0 spiro atoms. The fourth-order valence-electron chi connectivity index (χ4n) is 7.00. The molecule has 0 N–H and O–H groups in total. The summed E-state index contributed by atoms with van der Waals surface area (Å²) in [5, 5.41) is 0.660. The summed E-state index contributed by atoms with van der Waals surface area (Å²) in [6.45, 7) is 16.1. The molecule has 0 radical (unpaired) electrons. The van der Waals surface area contributed by atoms with Gasteiger partial charge in [0, 0.05) is 37.7 Å². The first-order valence-electron chi connectivity index (χ1n) is 18.7. The highest BCUT2D eigenvalue weighted by Crippen LogP contribution is 2.30. The van der Waals surface area contributed by atoms with Crippen LogP contribution in [0.3, 0.4) is 0 Å². The molecule has 1 aromatic heterocycles. The standard InChI is InChI=1S/C40H57ClN4O6/c1-39(2,3)50-37(46)43-22-8-12-29(26-43)14-10-24-45-33-16-7-17-34(36(33)42-35(45)28-49-32-20-18-31(41)19-21-32)48-25-11-15-30-13-9-23-44(27-30)38(47)51-40(4,5)6/h7,16-21,29-30H,8-15,22-28H2,1-6H3/t29-,30?/m1/s1. The molecule has 0 saturated carbocycles. The highest BCUT2D eigenvalue weighted by atomic mass is 35.5. The predicted molar refractivity (Wildman–Crippen MR) is 201 cm³/mol. The molecular formula is C40H57ClN4O6. The zero-order valence-corrected chi connectivity index (χ0v) is 32.2. The molecule has 0 bridgehead atoms. The maximum absolute atomic E-state index is 12.7. The largest absolute Gasteiger partial charge is 0.491 e. The van der Waals surface area contributed by atoms with E-state index in [4.69, 9.17) is 35.5 Å². The van der Waals surface area contributed by atoms with Gasteiger partial charge in [-0.3, -0.25) is 0 Å². The second kappa shape index (κ2) is 17.2. The number of carbonyl (C=O) groups excluding carboxylic acids is 2. The number of para-hydroxylation sites is 1. The highest BCUT2D eigenvalue weighted by Gasteiger charge is 2.29. The number of fused-ring (bicyclic) bond motifs is 1. The van der Waals surface area contributed by atoms with Crippen LogP contribution in [0.4, 0.5) is 9.59 Å². The van der Waals surface area contributed by atoms with Gasteiger partial charge in [-0.15, -0.1) is 0 Å². The van der Waals surface area contributed by atoms with Crippen molar-refractivity contribution < 1.29 is 28.5 Å². The summed E-state index contributed by atoms with van der Waals surface area (Å²) >= 11 is 6.10. The normalized spacial score (nSPS) is 18.5. The minimum Gasteiger partial charge on any atom is -0.491 e. The molecule has 2 aliphatic rings. The molecule has 2 atom stereocenters. The van der Waals surface area contributed by atoms with E-state index >= 15 is 0 Å². The molecule has 2 saturated heterocycles. The van der Waals surface area contributed by atoms with Crippen molar-refractivity contribution in [2.75, 3.05) is 32.8 Å². The summed E-state index contributed by atoms with van der Waals surface area (Å²) in [4.78, 5) is 34.2. The molecule has 1 unspecified atom stereocenters. The number of aromatic nitrogens is 2. The van der Waals surface area contributed by atoms with Gasteiger partial charge in [0.2, 0.25) is 0 Å². The van der Waals surface area contributed by atoms with Crippen molar-refractivity contribution in [1.82, 2.24) is 19.4 Å². The summed E-state index contributed by atoms with van der Waals surface area (Å²) in [5.41, 5.74) is 0.852. The van der Waals surface area contributed by atoms with Crippen molar-refractivity contribution in [3.63, 3.8) is 0 Å². The van der Waals surface area contributed by atoms with Gasteiger partial charge in [0.05, 0.1) is 12.1 Å². The molecule has 2 fully saturated rings. The second-order valence-electron chi connectivity index (χ2n) is 16.0. The zero-order valence-electron chi connectivity index (χ0n) is 31.4. The van der Waals surface area contributed by atoms with Crippen LogP contribution < -0.4 is 9.47 Å². The van der Waals surface area contributed by atoms with Gasteiger partial charge in [-0.05, 0) is 141 Å². The Morgan fingerprint density at radius 2 is 1.39 bits per heavy atom. The lowest BCUT2D eigenvalue weighted by molar-refractivity contribution is 0.0150. The molecule has 2 aromatic carbocycles. The van der Waals surface area contributed by atoms with Crippen LogP contribution in [0.15, 0.2) is 42.5 Å². The Labute approximate surface area is 308 Å². The number of aryl methyl sites for hydroxylation is 1. The number of hydrogen-bond donors (Lipinski definition) is 0. The van der Waals surface area contributed by atoms with Gasteiger partial charge >= 0.3 is 12.2 Å². The van der Waals surface area contributed by atoms with Gasteiger partial charge in [-0.1, -0.05) is 17.7 Å². The summed E-state index contributed by atoms with van der Waals surface area (Å²) in [7, 11) is 0. The zero-order chi connectivity index (χ0) is 36.6. The third-order valence-electron chi connectivity index (χ3n) is 9.35. The number of rotatable bonds is 12. The summed E-state index contributed by atoms with van der Waals surface area (Å²) < 4.78 is 26.1. The van der Waals surface area contributed by atoms with Gasteiger partial charge in [0.15, 0.2) is 0 Å². The van der Waals surface area contributed by atoms with Crippen LogP contribution in [0.25, 0.3) is 11.0 Å². The number of imidazole rings is 1. The maximum Gasteiger partial charge on any atom is 0.410 e. The number of amides is 2. The number of halogens is 1. The lowest BCUT2D eigenvalue weighted by Crippen LogP contribution is -2.42. The number of piperidine rings is 2. The summed E-state index contributed by atoms with van der Waals surface area (Å²) in [6, 6.07) is 13.5. The van der Waals surface area contributed by atoms with E-state index in [2.05, 4.69) is 10.6 Å². The van der Waals surface area contributed by atoms with Crippen molar-refractivity contribution in [2.45, 2.75) is 117 Å². The van der Waals surface area contributed by atoms with E-state index < -0.39 is 11.2 Å². The van der Waals surface area contributed by atoms with E-state index in [0.717, 1.165) is 112 Å². The Morgan fingerprint density at radius 3 is 1.98 bits per heavy atom. The van der Waals surface area contributed by atoms with Gasteiger partial charge in [0.25, 0.3) is 0 Å². The van der Waals surface area contributed by atoms with Crippen molar-refractivity contribution in [2.24, 2.45) is 11.8 Å². The smallest absolute Gasteiger partial charge is 0.410 e. The maximum atomic E-state index is 12.7. The van der Waals surface area contributed by atoms with Gasteiger partial charge < -0.3 is 33.3 Å². The quantitative estimate of drug-likeness (QED) is 0.172. The lowest BCUT2D eigenvalue weighted by Gasteiger charge is -2.34.